The SMILES string of the molecule is CC(C)CN(C[C@@H](O)[C@H](Cc1ccccc1)NC(=O)O[C@H]1CO[C@H]2OCC[C@H]21)S(=O)(=O)c1ccc(NC(=O)CN(C)C)cc1. The van der Waals surface area contributed by atoms with Crippen molar-refractivity contribution in [1.82, 2.24) is 14.5 Å². The Balaban J connectivity index is 1.49. The van der Waals surface area contributed by atoms with Gasteiger partial charge < -0.3 is 34.9 Å². The van der Waals surface area contributed by atoms with E-state index < -0.39 is 34.4 Å². The second kappa shape index (κ2) is 15.3. The third kappa shape index (κ3) is 9.22. The Kier molecular flexibility index (Phi) is 11.7. The van der Waals surface area contributed by atoms with E-state index in [1.165, 1.54) is 28.6 Å². The minimum absolute atomic E-state index is 0.0255. The van der Waals surface area contributed by atoms with Gasteiger partial charge in [-0.1, -0.05) is 44.2 Å². The molecule has 2 aliphatic rings. The molecule has 2 amide bonds. The van der Waals surface area contributed by atoms with Crippen molar-refractivity contribution in [3.05, 3.63) is 60.2 Å². The molecule has 0 bridgehead atoms. The van der Waals surface area contributed by atoms with Gasteiger partial charge in [-0.2, -0.15) is 4.31 Å². The highest BCUT2D eigenvalue weighted by Gasteiger charge is 2.44. The molecule has 5 atom stereocenters. The molecule has 2 aromatic carbocycles. The number of rotatable bonds is 14. The summed E-state index contributed by atoms with van der Waals surface area (Å²) in [5.41, 5.74) is 1.33. The van der Waals surface area contributed by atoms with Gasteiger partial charge in [0.15, 0.2) is 6.29 Å². The molecule has 12 nitrogen and oxygen atoms in total. The molecule has 0 unspecified atom stereocenters. The summed E-state index contributed by atoms with van der Waals surface area (Å²) in [6, 6.07) is 14.4. The van der Waals surface area contributed by atoms with E-state index in [0.29, 0.717) is 12.3 Å². The number of nitrogens with one attached hydrogen (secondary N) is 2. The van der Waals surface area contributed by atoms with Crippen LogP contribution in [0, 0.1) is 11.8 Å². The molecule has 0 saturated carbocycles. The van der Waals surface area contributed by atoms with Crippen LogP contribution < -0.4 is 10.6 Å². The van der Waals surface area contributed by atoms with E-state index in [4.69, 9.17) is 14.2 Å². The van der Waals surface area contributed by atoms with Crippen molar-refractivity contribution in [2.75, 3.05) is 52.3 Å². The van der Waals surface area contributed by atoms with E-state index in [0.717, 1.165) is 12.0 Å². The zero-order valence-electron chi connectivity index (χ0n) is 25.7. The van der Waals surface area contributed by atoms with Crippen LogP contribution in [0.2, 0.25) is 0 Å². The number of fused-ring (bicyclic) bond motifs is 1. The van der Waals surface area contributed by atoms with Crippen LogP contribution in [0.25, 0.3) is 0 Å². The Morgan fingerprint density at radius 1 is 1.05 bits per heavy atom. The Morgan fingerprint density at radius 2 is 1.75 bits per heavy atom. The zero-order chi connectivity index (χ0) is 31.9. The van der Waals surface area contributed by atoms with Crippen LogP contribution in [0.1, 0.15) is 25.8 Å². The van der Waals surface area contributed by atoms with Crippen LogP contribution in [-0.2, 0) is 35.4 Å². The summed E-state index contributed by atoms with van der Waals surface area (Å²) in [5, 5.41) is 17.0. The maximum atomic E-state index is 13.8. The topological polar surface area (TPSA) is 147 Å². The lowest BCUT2D eigenvalue weighted by Crippen LogP contribution is -2.51. The molecule has 4 rings (SSSR count). The normalized spacial score (nSPS) is 21.3. The Bertz CT molecular complexity index is 1340. The van der Waals surface area contributed by atoms with Crippen molar-refractivity contribution in [2.45, 2.75) is 56.1 Å². The van der Waals surface area contributed by atoms with Crippen LogP contribution in [0.4, 0.5) is 10.5 Å². The van der Waals surface area contributed by atoms with Gasteiger partial charge in [-0.15, -0.1) is 0 Å². The van der Waals surface area contributed by atoms with E-state index in [2.05, 4.69) is 10.6 Å². The number of ether oxygens (including phenoxy) is 3. The van der Waals surface area contributed by atoms with Gasteiger partial charge in [0.1, 0.15) is 6.10 Å². The predicted octanol–water partition coefficient (Wildman–Crippen LogP) is 2.29. The minimum Gasteiger partial charge on any atom is -0.443 e. The van der Waals surface area contributed by atoms with Crippen molar-refractivity contribution in [1.29, 1.82) is 0 Å². The smallest absolute Gasteiger partial charge is 0.407 e. The molecule has 2 aliphatic heterocycles. The molecule has 2 fully saturated rings. The number of nitrogens with zero attached hydrogens (tertiary/aromatic N) is 2. The summed E-state index contributed by atoms with van der Waals surface area (Å²) in [4.78, 5) is 26.9. The molecule has 2 heterocycles. The lowest BCUT2D eigenvalue weighted by molar-refractivity contribution is -0.116. The number of sulfonamides is 1. The van der Waals surface area contributed by atoms with Crippen LogP contribution in [0.3, 0.4) is 0 Å². The number of aliphatic hydroxyl groups is 1. The number of carbonyl (C=O) groups excluding carboxylic acids is 2. The van der Waals surface area contributed by atoms with Crippen LogP contribution in [0.15, 0.2) is 59.5 Å². The van der Waals surface area contributed by atoms with Crippen LogP contribution in [0.5, 0.6) is 0 Å². The number of aliphatic hydroxyl groups excluding tert-OH is 1. The molecule has 0 radical (unpaired) electrons. The number of likely N-dealkylation sites (N-methyl/N-ethyl adjacent to an activating group) is 1. The fraction of sp³-hybridized carbons (Fsp3) is 0.548. The summed E-state index contributed by atoms with van der Waals surface area (Å²) in [7, 11) is -0.485. The first kappa shape index (κ1) is 33.8. The van der Waals surface area contributed by atoms with Crippen LogP contribution in [-0.4, -0.2) is 106 Å². The molecular weight excluding hydrogens is 588 g/mol. The van der Waals surface area contributed by atoms with Crippen LogP contribution >= 0.6 is 0 Å². The van der Waals surface area contributed by atoms with Gasteiger partial charge in [0.05, 0.1) is 42.7 Å². The number of carbonyl (C=O) groups is 2. The first-order chi connectivity index (χ1) is 20.9. The summed E-state index contributed by atoms with van der Waals surface area (Å²) in [6.45, 7) is 4.62. The van der Waals surface area contributed by atoms with Gasteiger partial charge in [-0.3, -0.25) is 4.79 Å². The summed E-state index contributed by atoms with van der Waals surface area (Å²) < 4.78 is 45.6. The molecule has 13 heteroatoms. The van der Waals surface area contributed by atoms with Crippen molar-refractivity contribution < 1.29 is 37.3 Å². The maximum absolute atomic E-state index is 13.8. The van der Waals surface area contributed by atoms with Crippen molar-refractivity contribution in [2.24, 2.45) is 11.8 Å². The van der Waals surface area contributed by atoms with E-state index in [1.54, 1.807) is 19.0 Å². The number of anilines is 1. The molecule has 0 spiro atoms. The molecule has 3 N–H and O–H groups in total. The fourth-order valence-corrected chi connectivity index (χ4v) is 7.00. The average molecular weight is 633 g/mol. The lowest BCUT2D eigenvalue weighted by Gasteiger charge is -2.31. The molecule has 0 aliphatic carbocycles. The van der Waals surface area contributed by atoms with E-state index in [9.17, 15) is 23.1 Å². The molecule has 2 aromatic rings. The van der Waals surface area contributed by atoms with Crippen molar-refractivity contribution in [3.63, 3.8) is 0 Å². The van der Waals surface area contributed by atoms with Crippen molar-refractivity contribution >= 4 is 27.7 Å². The number of alkyl carbamates (subject to hydrolysis) is 1. The Morgan fingerprint density at radius 3 is 2.41 bits per heavy atom. The first-order valence-electron chi connectivity index (χ1n) is 14.9. The van der Waals surface area contributed by atoms with Gasteiger partial charge in [-0.25, -0.2) is 13.2 Å². The van der Waals surface area contributed by atoms with Gasteiger partial charge >= 0.3 is 6.09 Å². The predicted molar refractivity (Wildman–Crippen MR) is 164 cm³/mol. The van der Waals surface area contributed by atoms with Crippen molar-refractivity contribution in [3.8, 4) is 0 Å². The Hall–Kier alpha value is -3.07. The summed E-state index contributed by atoms with van der Waals surface area (Å²) in [5.74, 6) is -0.309. The highest BCUT2D eigenvalue weighted by atomic mass is 32.2. The number of hydrogen-bond acceptors (Lipinski definition) is 9. The van der Waals surface area contributed by atoms with Gasteiger partial charge in [0.2, 0.25) is 15.9 Å². The highest BCUT2D eigenvalue weighted by molar-refractivity contribution is 7.89. The van der Waals surface area contributed by atoms with E-state index in [-0.39, 0.29) is 61.6 Å². The largest absolute Gasteiger partial charge is 0.443 e. The number of benzene rings is 2. The standard InChI is InChI=1S/C31H44N4O8S/c1-21(2)17-35(44(39,40)24-12-10-23(11-13-24)32-29(37)19-34(3)4)18-27(36)26(16-22-8-6-5-7-9-22)33-31(38)43-28-20-42-30-25(28)14-15-41-30/h5-13,21,25-28,30,36H,14-20H2,1-4H3,(H,32,37)(H,33,38)/t25-,26-,27+,28-,30+/m0/s1. The third-order valence-electron chi connectivity index (χ3n) is 7.50. The second-order valence-corrected chi connectivity index (χ2v) is 13.9. The van der Waals surface area contributed by atoms with E-state index in [1.807, 2.05) is 44.2 Å². The number of hydrogen-bond donors (Lipinski definition) is 3. The quantitative estimate of drug-likeness (QED) is 0.286. The van der Waals surface area contributed by atoms with E-state index >= 15 is 0 Å². The fourth-order valence-electron chi connectivity index (χ4n) is 5.38. The Labute approximate surface area is 259 Å². The monoisotopic (exact) mass is 632 g/mol. The third-order valence-corrected chi connectivity index (χ3v) is 9.35. The lowest BCUT2D eigenvalue weighted by atomic mass is 10.0. The average Bonchev–Trinajstić information content (AvgIpc) is 3.58. The molecule has 242 valence electrons. The van der Waals surface area contributed by atoms with Gasteiger partial charge in [0.25, 0.3) is 0 Å². The summed E-state index contributed by atoms with van der Waals surface area (Å²) in [6.07, 6.45) is -1.84. The molecular formula is C31H44N4O8S. The number of amides is 2. The van der Waals surface area contributed by atoms with Gasteiger partial charge in [-0.05, 0) is 62.7 Å². The minimum atomic E-state index is -4.04. The second-order valence-electron chi connectivity index (χ2n) is 12.0. The molecule has 44 heavy (non-hydrogen) atoms. The van der Waals surface area contributed by atoms with Gasteiger partial charge in [0, 0.05) is 18.8 Å². The zero-order valence-corrected chi connectivity index (χ0v) is 26.5. The molecule has 2 saturated heterocycles. The highest BCUT2D eigenvalue weighted by Crippen LogP contribution is 2.33. The maximum Gasteiger partial charge on any atom is 0.407 e. The first-order valence-corrected chi connectivity index (χ1v) is 16.3. The molecule has 0 aromatic heterocycles. The summed E-state index contributed by atoms with van der Waals surface area (Å²) >= 11 is 0.